The number of allylic oxidation sites excluding steroid dienone is 3. The zero-order chi connectivity index (χ0) is 93.2. The number of pyridine rings is 5. The van der Waals surface area contributed by atoms with Crippen molar-refractivity contribution in [2.24, 2.45) is 38.6 Å². The number of nitrogens with zero attached hydrogens (tertiary/aromatic N) is 20. The highest BCUT2D eigenvalue weighted by Crippen LogP contribution is 2.48. The Morgan fingerprint density at radius 1 is 0.361 bits per heavy atom. The number of aliphatic carboxylic acids is 4. The maximum absolute atomic E-state index is 14.0. The second kappa shape index (κ2) is 39.9. The molecule has 0 radical (unpaired) electrons. The highest BCUT2D eigenvalue weighted by atomic mass is 79.9. The van der Waals surface area contributed by atoms with Gasteiger partial charge in [0, 0.05) is 161 Å². The predicted octanol–water partition coefficient (Wildman–Crippen LogP) is 18.6. The van der Waals surface area contributed by atoms with Gasteiger partial charge in [-0.05, 0) is 203 Å². The number of anilines is 4. The van der Waals surface area contributed by atoms with E-state index in [9.17, 15) is 36.7 Å². The van der Waals surface area contributed by atoms with Gasteiger partial charge in [-0.3, -0.25) is 39.9 Å². The van der Waals surface area contributed by atoms with Crippen LogP contribution in [0.25, 0.3) is 84.2 Å². The Balaban J connectivity index is 0.000000124. The first kappa shape index (κ1) is 92.0. The van der Waals surface area contributed by atoms with Crippen molar-refractivity contribution in [1.29, 1.82) is 0 Å². The number of hydrogen-bond acceptors (Lipinski definition) is 24. The summed E-state index contributed by atoms with van der Waals surface area (Å²) in [6.07, 6.45) is 31.3. The molecule has 4 unspecified atom stereocenters. The van der Waals surface area contributed by atoms with Gasteiger partial charge in [0.1, 0.15) is 23.3 Å². The minimum Gasteiger partial charge on any atom is -0.479 e. The molecule has 16 heterocycles. The minimum atomic E-state index is -1.83. The van der Waals surface area contributed by atoms with E-state index in [0.717, 1.165) is 132 Å². The molecule has 13 aromatic heterocycles. The van der Waals surface area contributed by atoms with Gasteiger partial charge in [0.15, 0.2) is 47.3 Å². The summed E-state index contributed by atoms with van der Waals surface area (Å²) in [4.78, 5) is 99.1. The molecule has 0 spiro atoms. The molecule has 684 valence electrons. The van der Waals surface area contributed by atoms with Crippen LogP contribution >= 0.6 is 63.7 Å². The first-order valence-electron chi connectivity index (χ1n) is 43.5. The number of nitrogens with two attached hydrogens (primary N) is 4. The molecule has 32 nitrogen and oxygen atoms in total. The van der Waals surface area contributed by atoms with Gasteiger partial charge < -0.3 is 43.4 Å². The summed E-state index contributed by atoms with van der Waals surface area (Å²) in [6.45, 7) is 0. The van der Waals surface area contributed by atoms with Crippen molar-refractivity contribution in [3.63, 3.8) is 0 Å². The van der Waals surface area contributed by atoms with Crippen LogP contribution in [0.3, 0.4) is 0 Å². The standard InChI is InChI=1S/C24H22BrFN6O2.3C23H22BrFN6O2/c25-19-21(14-6-4-13(5-7-14)20(26)24(33)34)31-23-16(12-30-32(23)22(19)27)15-8-9-18(29-11-15)17-3-1-2-10-28-17;3*24-18-20(13-5-3-12(4-6-13)19(25)23(32)33)30-22-15(11-29-31(22)21(18)26)14-7-8-17(28-10-14)16-2-1-9-27-16/h1-3,8-14,20H,4-7,27H2,(H,33,34);2,7-13,19H,1,3-6,26H2,(H,32,33);2*1,7-13,19H,2-6,26H2,(H,32,33). The van der Waals surface area contributed by atoms with Crippen LogP contribution in [0.1, 0.15) is 186 Å². The van der Waals surface area contributed by atoms with E-state index in [1.54, 1.807) is 86.2 Å². The van der Waals surface area contributed by atoms with Crippen molar-refractivity contribution in [2.75, 3.05) is 22.9 Å². The number of alkyl halides is 4. The highest BCUT2D eigenvalue weighted by molar-refractivity contribution is 9.11. The average Bonchev–Trinajstić information content (AvgIpc) is 1.62. The van der Waals surface area contributed by atoms with Crippen LogP contribution in [-0.2, 0) is 19.2 Å². The summed E-state index contributed by atoms with van der Waals surface area (Å²) in [5.41, 5.74) is 44.6. The van der Waals surface area contributed by atoms with E-state index in [1.165, 1.54) is 0 Å². The molecule has 3 aliphatic heterocycles. The Bertz CT molecular complexity index is 6590. The molecule has 40 heteroatoms. The second-order valence-electron chi connectivity index (χ2n) is 33.8. The first-order valence-corrected chi connectivity index (χ1v) is 46.6. The zero-order valence-corrected chi connectivity index (χ0v) is 77.4. The number of nitrogen functional groups attached to an aromatic ring is 4. The molecule has 0 aromatic carbocycles. The van der Waals surface area contributed by atoms with E-state index in [4.69, 9.17) is 63.3 Å². The summed E-state index contributed by atoms with van der Waals surface area (Å²) in [5, 5.41) is 53.6. The first-order chi connectivity index (χ1) is 64.2. The van der Waals surface area contributed by atoms with Gasteiger partial charge in [0.05, 0.1) is 111 Å². The van der Waals surface area contributed by atoms with Gasteiger partial charge in [-0.1, -0.05) is 48.6 Å². The lowest BCUT2D eigenvalue weighted by Crippen LogP contribution is -2.28. The van der Waals surface area contributed by atoms with E-state index < -0.39 is 72.2 Å². The Morgan fingerprint density at radius 2 is 0.647 bits per heavy atom. The van der Waals surface area contributed by atoms with Crippen molar-refractivity contribution in [3.05, 3.63) is 211 Å². The molecule has 7 aliphatic rings. The Hall–Kier alpha value is -12.8. The summed E-state index contributed by atoms with van der Waals surface area (Å²) in [7, 11) is 0. The van der Waals surface area contributed by atoms with Crippen LogP contribution in [0.5, 0.6) is 0 Å². The Kier molecular flexibility index (Phi) is 27.6. The van der Waals surface area contributed by atoms with Gasteiger partial charge >= 0.3 is 23.9 Å². The third-order valence-electron chi connectivity index (χ3n) is 25.8. The molecule has 4 aliphatic carbocycles. The molecule has 12 N–H and O–H groups in total. The van der Waals surface area contributed by atoms with Crippen LogP contribution in [0.2, 0.25) is 0 Å². The SMILES string of the molecule is Nc1c(Br)c(C2CCC(C(F)C(=O)O)CC2)nc2c(-c3ccc(-c4ccccn4)nc3)cnn12.Nc1c(Br)c(C2CCC(C(F)C(=O)O)CC2)nc2c(-c3ccc(C4=CCC=N4)nc3)cnn12.Nc1c(Br)c(C2CCC(C(F)C(=O)O)CC2)nc2c(-c3ccc(C4=NC=CC4)nc3)cnn12.Nc1c(Br)c(C2CCC(C(F)C(=O)O)CC2)nc2c(-c3ccc(C4=NC=CC4)nc3)cnn12. The number of aromatic nitrogens is 17. The topological polar surface area (TPSA) is 476 Å². The van der Waals surface area contributed by atoms with E-state index >= 15 is 0 Å². The maximum atomic E-state index is 14.0. The lowest BCUT2D eigenvalue weighted by molar-refractivity contribution is -0.146. The average molecular weight is 2070 g/mol. The second-order valence-corrected chi connectivity index (χ2v) is 36.9. The molecule has 0 bridgehead atoms. The molecular weight excluding hydrogens is 1980 g/mol. The fourth-order valence-corrected chi connectivity index (χ4v) is 20.8. The lowest BCUT2D eigenvalue weighted by Gasteiger charge is -2.29. The van der Waals surface area contributed by atoms with Crippen LogP contribution in [0.4, 0.5) is 40.8 Å². The zero-order valence-electron chi connectivity index (χ0n) is 71.1. The maximum Gasteiger partial charge on any atom is 0.338 e. The smallest absolute Gasteiger partial charge is 0.338 e. The number of halogens is 8. The molecule has 133 heavy (non-hydrogen) atoms. The number of hydrogen-bond donors (Lipinski definition) is 8. The number of aliphatic imine (C=N–C) groups is 3. The van der Waals surface area contributed by atoms with Crippen molar-refractivity contribution in [1.82, 2.24) is 83.3 Å². The number of carboxylic acids is 4. The Morgan fingerprint density at radius 3 is 0.887 bits per heavy atom. The van der Waals surface area contributed by atoms with E-state index in [1.807, 2.05) is 91.2 Å². The molecular formula is C93H88Br4F4N24O8. The van der Waals surface area contributed by atoms with E-state index in [2.05, 4.69) is 124 Å². The van der Waals surface area contributed by atoms with Crippen molar-refractivity contribution >= 4 is 157 Å². The minimum absolute atomic E-state index is 0.0475. The number of rotatable bonds is 20. The molecule has 0 saturated heterocycles. The number of carbonyl (C=O) groups is 4. The third kappa shape index (κ3) is 19.2. The van der Waals surface area contributed by atoms with Crippen LogP contribution in [0.15, 0.2) is 186 Å². The molecule has 4 fully saturated rings. The molecule has 13 aromatic rings. The van der Waals surface area contributed by atoms with Crippen LogP contribution < -0.4 is 22.9 Å². The van der Waals surface area contributed by atoms with E-state index in [-0.39, 0.29) is 23.7 Å². The van der Waals surface area contributed by atoms with Gasteiger partial charge in [0.25, 0.3) is 0 Å². The molecule has 20 rings (SSSR count). The van der Waals surface area contributed by atoms with Crippen molar-refractivity contribution in [3.8, 4) is 55.9 Å². The van der Waals surface area contributed by atoms with E-state index in [0.29, 0.717) is 166 Å². The molecule has 0 amide bonds. The summed E-state index contributed by atoms with van der Waals surface area (Å²) in [6, 6.07) is 21.2. The highest BCUT2D eigenvalue weighted by Gasteiger charge is 2.40. The fourth-order valence-electron chi connectivity index (χ4n) is 18.5. The molecule has 4 saturated carbocycles. The third-order valence-corrected chi connectivity index (χ3v) is 29.1. The quantitative estimate of drug-likeness (QED) is 0.0329. The van der Waals surface area contributed by atoms with Crippen molar-refractivity contribution in [2.45, 2.75) is 170 Å². The molecule has 4 atom stereocenters. The normalized spacial score (nSPS) is 20.8. The number of fused-ring (bicyclic) bond motifs is 4. The monoisotopic (exact) mass is 2060 g/mol. The lowest BCUT2D eigenvalue weighted by atomic mass is 9.78. The summed E-state index contributed by atoms with van der Waals surface area (Å²) < 4.78 is 64.8. The van der Waals surface area contributed by atoms with Crippen LogP contribution in [0, 0.1) is 23.7 Å². The van der Waals surface area contributed by atoms with Crippen LogP contribution in [-0.4, -0.2) is 170 Å². The van der Waals surface area contributed by atoms with Crippen molar-refractivity contribution < 1.29 is 57.2 Å². The fraction of sp³-hybridized carbons (Fsp3) is 0.333. The van der Waals surface area contributed by atoms with Gasteiger partial charge in [0.2, 0.25) is 0 Å². The van der Waals surface area contributed by atoms with Gasteiger partial charge in [-0.25, -0.2) is 56.7 Å². The summed E-state index contributed by atoms with van der Waals surface area (Å²) in [5.74, 6) is -5.45. The predicted molar refractivity (Wildman–Crippen MR) is 507 cm³/mol. The summed E-state index contributed by atoms with van der Waals surface area (Å²) >= 11 is 14.3. The Labute approximate surface area is 790 Å². The van der Waals surface area contributed by atoms with Gasteiger partial charge in [-0.15, -0.1) is 0 Å². The van der Waals surface area contributed by atoms with Gasteiger partial charge in [-0.2, -0.15) is 38.5 Å². The largest absolute Gasteiger partial charge is 0.479 e. The number of carboxylic acid groups (broad SMARTS) is 4.